The van der Waals surface area contributed by atoms with E-state index >= 15 is 0 Å². The molecule has 1 amide bonds. The molecule has 4 aliphatic heterocycles. The molecule has 0 bridgehead atoms. The summed E-state index contributed by atoms with van der Waals surface area (Å²) in [6.45, 7) is 5.33. The van der Waals surface area contributed by atoms with Gasteiger partial charge in [0.15, 0.2) is 5.84 Å². The molecule has 0 saturated carbocycles. The molecule has 33 heavy (non-hydrogen) atoms. The first-order valence-corrected chi connectivity index (χ1v) is 11.4. The molecule has 0 aliphatic carbocycles. The second-order valence-electron chi connectivity index (χ2n) is 8.40. The summed E-state index contributed by atoms with van der Waals surface area (Å²) in [5, 5.41) is 7.00. The molecule has 2 N–H and O–H groups in total. The van der Waals surface area contributed by atoms with Crippen LogP contribution in [-0.4, -0.2) is 73.5 Å². The number of carbonyl (C=O) groups is 1. The second kappa shape index (κ2) is 10.5. The van der Waals surface area contributed by atoms with Gasteiger partial charge in [-0.2, -0.15) is 0 Å². The molecule has 0 spiro atoms. The summed E-state index contributed by atoms with van der Waals surface area (Å²) in [7, 11) is 0. The normalized spacial score (nSPS) is 27.2. The maximum absolute atomic E-state index is 14.2. The lowest BCUT2D eigenvalue weighted by Gasteiger charge is -2.33. The number of alkyl halides is 1. The van der Waals surface area contributed by atoms with Crippen LogP contribution >= 0.6 is 11.6 Å². The minimum atomic E-state index is -1.22. The van der Waals surface area contributed by atoms with Gasteiger partial charge in [-0.1, -0.05) is 11.6 Å². The minimum absolute atomic E-state index is 0.0978. The van der Waals surface area contributed by atoms with Crippen molar-refractivity contribution in [3.8, 4) is 0 Å². The van der Waals surface area contributed by atoms with Crippen LogP contribution in [0.4, 0.5) is 9.18 Å². The Bertz CT molecular complexity index is 958. The number of rotatable bonds is 5. The van der Waals surface area contributed by atoms with Crippen molar-refractivity contribution in [3.63, 3.8) is 0 Å². The van der Waals surface area contributed by atoms with Crippen LogP contribution in [0, 0.1) is 5.92 Å². The molecule has 0 radical (unpaired) electrons. The number of fused-ring (bicyclic) bond motifs is 1. The highest BCUT2D eigenvalue weighted by Gasteiger charge is 2.32. The van der Waals surface area contributed by atoms with E-state index in [0.717, 1.165) is 11.4 Å². The van der Waals surface area contributed by atoms with E-state index in [2.05, 4.69) is 25.6 Å². The summed E-state index contributed by atoms with van der Waals surface area (Å²) in [5.41, 5.74) is 0.801. The fraction of sp³-hybridized carbons (Fsp3) is 0.545. The van der Waals surface area contributed by atoms with Crippen LogP contribution in [0.5, 0.6) is 0 Å². The van der Waals surface area contributed by atoms with Gasteiger partial charge in [0.05, 0.1) is 31.3 Å². The Balaban J connectivity index is 1.43. The lowest BCUT2D eigenvalue weighted by Crippen LogP contribution is -2.49. The molecule has 0 aromatic heterocycles. The molecule has 4 rings (SSSR count). The third-order valence-electron chi connectivity index (χ3n) is 5.45. The van der Waals surface area contributed by atoms with E-state index in [1.807, 2.05) is 13.8 Å². The summed E-state index contributed by atoms with van der Waals surface area (Å²) >= 11 is 6.18. The van der Waals surface area contributed by atoms with Crippen molar-refractivity contribution in [3.05, 3.63) is 34.9 Å². The Morgan fingerprint density at radius 1 is 1.48 bits per heavy atom. The van der Waals surface area contributed by atoms with Gasteiger partial charge in [-0.05, 0) is 26.3 Å². The molecule has 4 heterocycles. The Morgan fingerprint density at radius 2 is 2.33 bits per heavy atom. The molecule has 1 fully saturated rings. The number of amidine groups is 2. The minimum Gasteiger partial charge on any atom is -0.447 e. The monoisotopic (exact) mass is 478 g/mol. The number of ether oxygens (including phenoxy) is 2. The van der Waals surface area contributed by atoms with Crippen molar-refractivity contribution >= 4 is 35.6 Å². The van der Waals surface area contributed by atoms with Gasteiger partial charge in [-0.15, -0.1) is 0 Å². The van der Waals surface area contributed by atoms with Gasteiger partial charge in [0.25, 0.3) is 0 Å². The topological polar surface area (TPSA) is 99.9 Å². The molecule has 1 saturated heterocycles. The molecule has 0 aromatic rings. The van der Waals surface area contributed by atoms with Crippen LogP contribution in [0.15, 0.2) is 49.9 Å². The molecule has 9 nitrogen and oxygen atoms in total. The summed E-state index contributed by atoms with van der Waals surface area (Å²) < 4.78 is 25.3. The first-order valence-electron chi connectivity index (χ1n) is 11.1. The summed E-state index contributed by atoms with van der Waals surface area (Å²) in [4.78, 5) is 27.1. The predicted octanol–water partition coefficient (Wildman–Crippen LogP) is 2.86. The maximum Gasteiger partial charge on any atom is 0.410 e. The Morgan fingerprint density at radius 3 is 3.15 bits per heavy atom. The Hall–Kier alpha value is -2.72. The molecule has 4 aliphatic rings. The lowest BCUT2D eigenvalue weighted by atomic mass is 9.95. The van der Waals surface area contributed by atoms with E-state index in [0.29, 0.717) is 49.4 Å². The van der Waals surface area contributed by atoms with Gasteiger partial charge >= 0.3 is 6.09 Å². The van der Waals surface area contributed by atoms with Gasteiger partial charge in [0.2, 0.25) is 0 Å². The summed E-state index contributed by atoms with van der Waals surface area (Å²) in [5.74, 6) is 1.57. The number of allylic oxidation sites excluding steroid dienone is 2. The highest BCUT2D eigenvalue weighted by Crippen LogP contribution is 2.31. The lowest BCUT2D eigenvalue weighted by molar-refractivity contribution is -0.0290. The van der Waals surface area contributed by atoms with Gasteiger partial charge in [-0.25, -0.2) is 24.2 Å². The first-order chi connectivity index (χ1) is 15.9. The quantitative estimate of drug-likeness (QED) is 0.633. The van der Waals surface area contributed by atoms with Gasteiger partial charge in [0, 0.05) is 48.7 Å². The number of hydrogen-bond acceptors (Lipinski definition) is 8. The van der Waals surface area contributed by atoms with Crippen molar-refractivity contribution in [1.82, 2.24) is 15.5 Å². The van der Waals surface area contributed by atoms with Crippen LogP contribution in [-0.2, 0) is 9.47 Å². The van der Waals surface area contributed by atoms with E-state index < -0.39 is 6.17 Å². The predicted molar refractivity (Wildman–Crippen MR) is 125 cm³/mol. The molecular formula is C22H28ClFN6O3. The Kier molecular flexibility index (Phi) is 7.44. The van der Waals surface area contributed by atoms with E-state index in [1.54, 1.807) is 23.4 Å². The number of carbonyl (C=O) groups excluding carboxylic acids is 1. The highest BCUT2D eigenvalue weighted by molar-refractivity contribution is 6.30. The largest absolute Gasteiger partial charge is 0.447 e. The number of amides is 1. The van der Waals surface area contributed by atoms with Crippen molar-refractivity contribution < 1.29 is 18.7 Å². The van der Waals surface area contributed by atoms with Crippen molar-refractivity contribution in [2.45, 2.75) is 45.1 Å². The average molecular weight is 479 g/mol. The van der Waals surface area contributed by atoms with E-state index in [1.165, 1.54) is 6.21 Å². The van der Waals surface area contributed by atoms with Crippen LogP contribution in [0.25, 0.3) is 0 Å². The number of aliphatic imine (C=N–C) groups is 3. The van der Waals surface area contributed by atoms with Gasteiger partial charge in [0.1, 0.15) is 17.8 Å². The number of nitrogens with zero attached hydrogens (tertiary/aromatic N) is 4. The van der Waals surface area contributed by atoms with Crippen LogP contribution in [0.1, 0.15) is 26.7 Å². The van der Waals surface area contributed by atoms with Gasteiger partial charge in [-0.3, -0.25) is 0 Å². The van der Waals surface area contributed by atoms with Crippen LogP contribution in [0.2, 0.25) is 0 Å². The molecule has 3 unspecified atom stereocenters. The third kappa shape index (κ3) is 6.00. The third-order valence-corrected chi connectivity index (χ3v) is 5.70. The van der Waals surface area contributed by atoms with E-state index in [9.17, 15) is 9.18 Å². The standard InChI is InChI=1S/C22H28ClFN6O3/c1-13(2)33-22(31)30-5-6-32-16(12-30)10-25-19-4-3-15(24)9-27-21(29-19)18-11-28-20-17(18)7-14(23)8-26-20/h4,8-9,11,13,15-17,25H,3,5-7,10,12H2,1-2H3,(H,26,28). The molecule has 0 aromatic carbocycles. The molecule has 11 heteroatoms. The summed E-state index contributed by atoms with van der Waals surface area (Å²) in [6, 6.07) is 0. The molecule has 178 valence electrons. The number of nitrogens with one attached hydrogen (secondary N) is 2. The number of morpholine rings is 1. The molecular weight excluding hydrogens is 451 g/mol. The molecule has 3 atom stereocenters. The fourth-order valence-electron chi connectivity index (χ4n) is 3.82. The SMILES string of the molecule is CC(C)OC(=O)N1CCOC(CNC2=CCC(F)C=NC(C3=CNC4=NC=C(Cl)CC34)=N2)C1. The first kappa shape index (κ1) is 23.4. The highest BCUT2D eigenvalue weighted by atomic mass is 35.5. The van der Waals surface area contributed by atoms with Crippen molar-refractivity contribution in [2.24, 2.45) is 20.9 Å². The maximum atomic E-state index is 14.2. The number of hydrogen-bond donors (Lipinski definition) is 2. The second-order valence-corrected chi connectivity index (χ2v) is 8.88. The zero-order chi connectivity index (χ0) is 23.4. The number of halogens is 2. The van der Waals surface area contributed by atoms with Gasteiger partial charge < -0.3 is 25.0 Å². The van der Waals surface area contributed by atoms with Crippen LogP contribution in [0.3, 0.4) is 0 Å². The van der Waals surface area contributed by atoms with Crippen molar-refractivity contribution in [1.29, 1.82) is 0 Å². The van der Waals surface area contributed by atoms with Crippen LogP contribution < -0.4 is 10.6 Å². The zero-order valence-electron chi connectivity index (χ0n) is 18.6. The zero-order valence-corrected chi connectivity index (χ0v) is 19.4. The van der Waals surface area contributed by atoms with Crippen molar-refractivity contribution in [2.75, 3.05) is 26.2 Å². The van der Waals surface area contributed by atoms with E-state index in [-0.39, 0.29) is 30.6 Å². The Labute approximate surface area is 197 Å². The fourth-order valence-corrected chi connectivity index (χ4v) is 4.02. The summed E-state index contributed by atoms with van der Waals surface area (Å²) in [6.07, 6.45) is 5.11. The smallest absolute Gasteiger partial charge is 0.410 e. The average Bonchev–Trinajstić information content (AvgIpc) is 3.19. The van der Waals surface area contributed by atoms with E-state index in [4.69, 9.17) is 21.1 Å².